The van der Waals surface area contributed by atoms with Crippen LogP contribution in [0.1, 0.15) is 25.3 Å². The zero-order valence-corrected chi connectivity index (χ0v) is 14.2. The first-order valence-electron chi connectivity index (χ1n) is 7.89. The van der Waals surface area contributed by atoms with E-state index in [9.17, 15) is 0 Å². The summed E-state index contributed by atoms with van der Waals surface area (Å²) in [4.78, 5) is 4.74. The Morgan fingerprint density at radius 3 is 2.52 bits per heavy atom. The number of nitrogens with two attached hydrogens (primary N) is 1. The Bertz CT molecular complexity index is 451. The molecule has 3 nitrogen and oxygen atoms in total. The summed E-state index contributed by atoms with van der Waals surface area (Å²) < 4.78 is 0. The fourth-order valence-corrected chi connectivity index (χ4v) is 3.39. The average Bonchev–Trinajstić information content (AvgIpc) is 2.41. The van der Waals surface area contributed by atoms with Crippen LogP contribution in [0.25, 0.3) is 0 Å². The second-order valence-corrected chi connectivity index (χ2v) is 7.06. The Morgan fingerprint density at radius 2 is 2.00 bits per heavy atom. The van der Waals surface area contributed by atoms with E-state index in [4.69, 9.17) is 17.3 Å². The monoisotopic (exact) mass is 309 g/mol. The fraction of sp³-hybridized carbons (Fsp3) is 0.647. The third kappa shape index (κ3) is 4.87. The molecule has 0 saturated carbocycles. The van der Waals surface area contributed by atoms with Gasteiger partial charge in [0.05, 0.1) is 0 Å². The molecule has 1 heterocycles. The van der Waals surface area contributed by atoms with Gasteiger partial charge in [0, 0.05) is 36.4 Å². The predicted molar refractivity (Wildman–Crippen MR) is 92.3 cm³/mol. The van der Waals surface area contributed by atoms with Crippen molar-refractivity contribution in [1.29, 1.82) is 0 Å². The number of hydrogen-bond acceptors (Lipinski definition) is 3. The minimum absolute atomic E-state index is 0.148. The van der Waals surface area contributed by atoms with E-state index >= 15 is 0 Å². The molecular formula is C17H28ClN3. The van der Waals surface area contributed by atoms with Crippen molar-refractivity contribution in [3.63, 3.8) is 0 Å². The van der Waals surface area contributed by atoms with Gasteiger partial charge in [-0.3, -0.25) is 0 Å². The van der Waals surface area contributed by atoms with E-state index in [1.807, 2.05) is 6.92 Å². The highest BCUT2D eigenvalue weighted by molar-refractivity contribution is 6.31. The topological polar surface area (TPSA) is 32.5 Å². The molecule has 4 heteroatoms. The Hall–Kier alpha value is -0.770. The Labute approximate surface area is 134 Å². The molecule has 1 aliphatic heterocycles. The zero-order valence-electron chi connectivity index (χ0n) is 13.5. The van der Waals surface area contributed by atoms with Gasteiger partial charge in [0.25, 0.3) is 0 Å². The Kier molecular flexibility index (Phi) is 5.91. The molecule has 2 rings (SSSR count). The number of benzene rings is 1. The van der Waals surface area contributed by atoms with Crippen LogP contribution in [0.4, 0.5) is 5.69 Å². The summed E-state index contributed by atoms with van der Waals surface area (Å²) in [5.74, 6) is 0.823. The fourth-order valence-electron chi connectivity index (χ4n) is 3.14. The molecule has 0 spiro atoms. The number of nitrogens with zero attached hydrogens (tertiary/aromatic N) is 2. The van der Waals surface area contributed by atoms with Gasteiger partial charge in [-0.05, 0) is 63.9 Å². The summed E-state index contributed by atoms with van der Waals surface area (Å²) in [6.45, 7) is 5.46. The van der Waals surface area contributed by atoms with Gasteiger partial charge in [-0.25, -0.2) is 0 Å². The van der Waals surface area contributed by atoms with Gasteiger partial charge in [0.15, 0.2) is 0 Å². The molecular weight excluding hydrogens is 282 g/mol. The number of rotatable bonds is 5. The highest BCUT2D eigenvalue weighted by atomic mass is 35.5. The molecule has 1 fully saturated rings. The Balaban J connectivity index is 1.96. The maximum absolute atomic E-state index is 6.40. The van der Waals surface area contributed by atoms with Crippen molar-refractivity contribution < 1.29 is 0 Å². The molecule has 0 radical (unpaired) electrons. The second kappa shape index (κ2) is 7.48. The summed E-state index contributed by atoms with van der Waals surface area (Å²) in [6, 6.07) is 6.57. The number of anilines is 1. The van der Waals surface area contributed by atoms with Crippen LogP contribution in [0.3, 0.4) is 0 Å². The number of halogens is 1. The SMILES string of the molecule is CC(N)Cc1ccc(N2CCC(CN(C)C)CC2)cc1Cl. The summed E-state index contributed by atoms with van der Waals surface area (Å²) >= 11 is 6.40. The van der Waals surface area contributed by atoms with Crippen molar-refractivity contribution in [2.45, 2.75) is 32.2 Å². The van der Waals surface area contributed by atoms with Crippen LogP contribution in [0, 0.1) is 5.92 Å². The van der Waals surface area contributed by atoms with Crippen molar-refractivity contribution in [3.8, 4) is 0 Å². The molecule has 0 bridgehead atoms. The standard InChI is InChI=1S/C17H28ClN3/c1-13(19)10-15-4-5-16(11-17(15)18)21-8-6-14(7-9-21)12-20(2)3/h4-5,11,13-14H,6-10,12,19H2,1-3H3. The normalized spacial score (nSPS) is 18.3. The first-order valence-corrected chi connectivity index (χ1v) is 8.27. The van der Waals surface area contributed by atoms with E-state index in [-0.39, 0.29) is 6.04 Å². The van der Waals surface area contributed by atoms with E-state index < -0.39 is 0 Å². The van der Waals surface area contributed by atoms with E-state index in [0.717, 1.165) is 36.0 Å². The molecule has 21 heavy (non-hydrogen) atoms. The minimum Gasteiger partial charge on any atom is -0.371 e. The molecule has 1 saturated heterocycles. The largest absolute Gasteiger partial charge is 0.371 e. The zero-order chi connectivity index (χ0) is 15.4. The van der Waals surface area contributed by atoms with Gasteiger partial charge >= 0.3 is 0 Å². The molecule has 1 aromatic carbocycles. The van der Waals surface area contributed by atoms with Gasteiger partial charge < -0.3 is 15.5 Å². The minimum atomic E-state index is 0.148. The van der Waals surface area contributed by atoms with Crippen LogP contribution in [0.2, 0.25) is 5.02 Å². The van der Waals surface area contributed by atoms with Crippen molar-refractivity contribution in [3.05, 3.63) is 28.8 Å². The van der Waals surface area contributed by atoms with Gasteiger partial charge in [-0.15, -0.1) is 0 Å². The Morgan fingerprint density at radius 1 is 1.33 bits per heavy atom. The van der Waals surface area contributed by atoms with E-state index in [1.165, 1.54) is 25.1 Å². The lowest BCUT2D eigenvalue weighted by Gasteiger charge is -2.35. The van der Waals surface area contributed by atoms with Crippen LogP contribution in [-0.4, -0.2) is 44.7 Å². The van der Waals surface area contributed by atoms with Crippen molar-refractivity contribution in [2.24, 2.45) is 11.7 Å². The van der Waals surface area contributed by atoms with Crippen LogP contribution in [0.15, 0.2) is 18.2 Å². The van der Waals surface area contributed by atoms with E-state index in [2.05, 4.69) is 42.1 Å². The molecule has 118 valence electrons. The summed E-state index contributed by atoms with van der Waals surface area (Å²) in [6.07, 6.45) is 3.36. The van der Waals surface area contributed by atoms with Gasteiger partial charge in [0.1, 0.15) is 0 Å². The van der Waals surface area contributed by atoms with Crippen LogP contribution < -0.4 is 10.6 Å². The lowest BCUT2D eigenvalue weighted by molar-refractivity contribution is 0.285. The first-order chi connectivity index (χ1) is 9.95. The lowest BCUT2D eigenvalue weighted by Crippen LogP contribution is -2.37. The second-order valence-electron chi connectivity index (χ2n) is 6.65. The molecule has 2 N–H and O–H groups in total. The third-order valence-electron chi connectivity index (χ3n) is 4.18. The van der Waals surface area contributed by atoms with Crippen molar-refractivity contribution >= 4 is 17.3 Å². The maximum Gasteiger partial charge on any atom is 0.0459 e. The quantitative estimate of drug-likeness (QED) is 0.907. The van der Waals surface area contributed by atoms with Gasteiger partial charge in [0.2, 0.25) is 0 Å². The van der Waals surface area contributed by atoms with E-state index in [1.54, 1.807) is 0 Å². The highest BCUT2D eigenvalue weighted by Crippen LogP contribution is 2.28. The van der Waals surface area contributed by atoms with Crippen LogP contribution in [0.5, 0.6) is 0 Å². The molecule has 0 aromatic heterocycles. The number of piperidine rings is 1. The van der Waals surface area contributed by atoms with Crippen LogP contribution in [-0.2, 0) is 6.42 Å². The maximum atomic E-state index is 6.40. The molecule has 0 aliphatic carbocycles. The summed E-state index contributed by atoms with van der Waals surface area (Å²) in [5, 5.41) is 0.847. The van der Waals surface area contributed by atoms with E-state index in [0.29, 0.717) is 0 Å². The predicted octanol–water partition coefficient (Wildman–Crippen LogP) is 3.01. The van der Waals surface area contributed by atoms with Crippen molar-refractivity contribution in [2.75, 3.05) is 38.6 Å². The molecule has 1 aliphatic rings. The van der Waals surface area contributed by atoms with Gasteiger partial charge in [-0.1, -0.05) is 17.7 Å². The summed E-state index contributed by atoms with van der Waals surface area (Å²) in [5.41, 5.74) is 8.25. The van der Waals surface area contributed by atoms with Crippen LogP contribution >= 0.6 is 11.6 Å². The first kappa shape index (κ1) is 16.6. The average molecular weight is 310 g/mol. The van der Waals surface area contributed by atoms with Crippen molar-refractivity contribution in [1.82, 2.24) is 4.90 Å². The molecule has 0 amide bonds. The highest BCUT2D eigenvalue weighted by Gasteiger charge is 2.20. The summed E-state index contributed by atoms with van der Waals surface area (Å²) in [7, 11) is 4.31. The third-order valence-corrected chi connectivity index (χ3v) is 4.53. The smallest absolute Gasteiger partial charge is 0.0459 e. The molecule has 1 unspecified atom stereocenters. The van der Waals surface area contributed by atoms with Gasteiger partial charge in [-0.2, -0.15) is 0 Å². The number of hydrogen-bond donors (Lipinski definition) is 1. The lowest BCUT2D eigenvalue weighted by atomic mass is 9.96. The molecule has 1 aromatic rings. The molecule has 1 atom stereocenters.